The highest BCUT2D eigenvalue weighted by Crippen LogP contribution is 2.40. The highest BCUT2D eigenvalue weighted by atomic mass is 16.5. The van der Waals surface area contributed by atoms with Gasteiger partial charge < -0.3 is 9.64 Å². The van der Waals surface area contributed by atoms with Gasteiger partial charge >= 0.3 is 0 Å². The molecule has 2 aliphatic rings. The number of benzene rings is 1. The molecule has 1 amide bonds. The fraction of sp³-hybridized carbons (Fsp3) is 0.304. The molecule has 0 unspecified atom stereocenters. The number of pyridine rings is 1. The quantitative estimate of drug-likeness (QED) is 0.677. The summed E-state index contributed by atoms with van der Waals surface area (Å²) in [6.07, 6.45) is 4.13. The van der Waals surface area contributed by atoms with Gasteiger partial charge in [0, 0.05) is 42.3 Å². The molecule has 4 heterocycles. The van der Waals surface area contributed by atoms with Crippen LogP contribution in [0.3, 0.4) is 0 Å². The Morgan fingerprint density at radius 2 is 2.00 bits per heavy atom. The lowest BCUT2D eigenvalue weighted by molar-refractivity contribution is 0.0481. The van der Waals surface area contributed by atoms with Crippen molar-refractivity contribution in [3.63, 3.8) is 0 Å². The molecule has 1 fully saturated rings. The van der Waals surface area contributed by atoms with E-state index in [9.17, 15) is 4.79 Å². The van der Waals surface area contributed by atoms with Crippen molar-refractivity contribution in [1.82, 2.24) is 19.9 Å². The monoisotopic (exact) mass is 386 g/mol. The highest BCUT2D eigenvalue weighted by Gasteiger charge is 2.46. The first-order valence-electron chi connectivity index (χ1n) is 9.87. The summed E-state index contributed by atoms with van der Waals surface area (Å²) in [5, 5.41) is 0. The molecule has 2 aliphatic heterocycles. The number of hydrogen-bond acceptors (Lipinski definition) is 5. The molecule has 3 aromatic rings. The Morgan fingerprint density at radius 1 is 1.14 bits per heavy atom. The Morgan fingerprint density at radius 3 is 2.79 bits per heavy atom. The van der Waals surface area contributed by atoms with Crippen molar-refractivity contribution < 1.29 is 9.53 Å². The summed E-state index contributed by atoms with van der Waals surface area (Å²) in [4.78, 5) is 28.7. The molecule has 6 nitrogen and oxygen atoms in total. The van der Waals surface area contributed by atoms with E-state index >= 15 is 0 Å². The number of fused-ring (bicyclic) bond motifs is 2. The molecule has 5 rings (SSSR count). The van der Waals surface area contributed by atoms with E-state index in [-0.39, 0.29) is 11.3 Å². The smallest absolute Gasteiger partial charge is 0.255 e. The minimum Gasteiger partial charge on any atom is -0.376 e. The second kappa shape index (κ2) is 7.04. The standard InChI is InChI=1S/C23H22N4O2/c1-16-19-13-29-15-23(20(19)26-21(25-16)17-6-3-2-4-7-17)9-11-27(14-23)22(28)18-8-5-10-24-12-18/h2-8,10,12H,9,11,13-15H2,1H3/t23-/m1/s1. The Balaban J connectivity index is 1.52. The largest absolute Gasteiger partial charge is 0.376 e. The molecule has 1 atom stereocenters. The maximum atomic E-state index is 13.0. The molecule has 29 heavy (non-hydrogen) atoms. The number of carbonyl (C=O) groups is 1. The average molecular weight is 386 g/mol. The van der Waals surface area contributed by atoms with E-state index in [0.29, 0.717) is 31.9 Å². The van der Waals surface area contributed by atoms with Gasteiger partial charge in [-0.3, -0.25) is 9.78 Å². The summed E-state index contributed by atoms with van der Waals surface area (Å²) in [6.45, 7) is 4.39. The topological polar surface area (TPSA) is 68.2 Å². The number of amides is 1. The van der Waals surface area contributed by atoms with Gasteiger partial charge in [0.15, 0.2) is 5.82 Å². The van der Waals surface area contributed by atoms with E-state index in [1.165, 1.54) is 0 Å². The summed E-state index contributed by atoms with van der Waals surface area (Å²) in [6, 6.07) is 13.6. The van der Waals surface area contributed by atoms with E-state index in [0.717, 1.165) is 34.8 Å². The van der Waals surface area contributed by atoms with Crippen molar-refractivity contribution in [2.75, 3.05) is 19.7 Å². The molecular formula is C23H22N4O2. The molecule has 0 radical (unpaired) electrons. The van der Waals surface area contributed by atoms with Crippen molar-refractivity contribution in [3.8, 4) is 11.4 Å². The van der Waals surface area contributed by atoms with Gasteiger partial charge in [0.05, 0.1) is 29.9 Å². The molecule has 1 saturated heterocycles. The number of ether oxygens (including phenoxy) is 1. The van der Waals surface area contributed by atoms with Crippen LogP contribution in [0.25, 0.3) is 11.4 Å². The summed E-state index contributed by atoms with van der Waals surface area (Å²) < 4.78 is 5.96. The zero-order valence-electron chi connectivity index (χ0n) is 16.3. The highest BCUT2D eigenvalue weighted by molar-refractivity contribution is 5.94. The lowest BCUT2D eigenvalue weighted by Crippen LogP contribution is -2.42. The summed E-state index contributed by atoms with van der Waals surface area (Å²) in [5.41, 5.74) is 4.38. The van der Waals surface area contributed by atoms with Crippen LogP contribution in [0.2, 0.25) is 0 Å². The third-order valence-corrected chi connectivity index (χ3v) is 5.92. The van der Waals surface area contributed by atoms with Crippen molar-refractivity contribution >= 4 is 5.91 Å². The third-order valence-electron chi connectivity index (χ3n) is 5.92. The molecular weight excluding hydrogens is 364 g/mol. The maximum Gasteiger partial charge on any atom is 0.255 e. The molecule has 0 aliphatic carbocycles. The van der Waals surface area contributed by atoms with Crippen LogP contribution in [0.4, 0.5) is 0 Å². The maximum absolute atomic E-state index is 13.0. The minimum absolute atomic E-state index is 0.0103. The third kappa shape index (κ3) is 3.09. The minimum atomic E-state index is -0.289. The number of carbonyl (C=O) groups excluding carboxylic acids is 1. The molecule has 1 aromatic carbocycles. The summed E-state index contributed by atoms with van der Waals surface area (Å²) in [7, 11) is 0. The number of rotatable bonds is 2. The first-order valence-corrected chi connectivity index (χ1v) is 9.87. The second-order valence-electron chi connectivity index (χ2n) is 7.82. The lowest BCUT2D eigenvalue weighted by atomic mass is 9.80. The van der Waals surface area contributed by atoms with Gasteiger partial charge in [-0.15, -0.1) is 0 Å². The van der Waals surface area contributed by atoms with Crippen LogP contribution < -0.4 is 0 Å². The van der Waals surface area contributed by atoms with Crippen LogP contribution in [-0.2, 0) is 16.8 Å². The van der Waals surface area contributed by atoms with Gasteiger partial charge in [-0.2, -0.15) is 0 Å². The predicted octanol–water partition coefficient (Wildman–Crippen LogP) is 3.16. The van der Waals surface area contributed by atoms with Gasteiger partial charge in [-0.25, -0.2) is 9.97 Å². The van der Waals surface area contributed by atoms with Crippen LogP contribution in [0, 0.1) is 6.92 Å². The van der Waals surface area contributed by atoms with Crippen LogP contribution >= 0.6 is 0 Å². The fourth-order valence-corrected chi connectivity index (χ4v) is 4.37. The summed E-state index contributed by atoms with van der Waals surface area (Å²) >= 11 is 0. The van der Waals surface area contributed by atoms with Crippen molar-refractivity contribution in [2.24, 2.45) is 0 Å². The molecule has 6 heteroatoms. The van der Waals surface area contributed by atoms with Crippen LogP contribution in [0.1, 0.15) is 33.7 Å². The predicted molar refractivity (Wildman–Crippen MR) is 108 cm³/mol. The van der Waals surface area contributed by atoms with E-state index in [2.05, 4.69) is 4.98 Å². The number of aromatic nitrogens is 3. The van der Waals surface area contributed by atoms with Gasteiger partial charge in [0.1, 0.15) is 0 Å². The SMILES string of the molecule is Cc1nc(-c2ccccc2)nc2c1COC[C@]21CCN(C(=O)c2cccnc2)C1. The Hall–Kier alpha value is -3.12. The van der Waals surface area contributed by atoms with Crippen molar-refractivity contribution in [1.29, 1.82) is 0 Å². The van der Waals surface area contributed by atoms with E-state index in [1.54, 1.807) is 18.5 Å². The van der Waals surface area contributed by atoms with Crippen molar-refractivity contribution in [2.45, 2.75) is 25.4 Å². The van der Waals surface area contributed by atoms with Gasteiger partial charge in [-0.05, 0) is 25.5 Å². The van der Waals surface area contributed by atoms with Crippen molar-refractivity contribution in [3.05, 3.63) is 77.4 Å². The zero-order chi connectivity index (χ0) is 19.8. The fourth-order valence-electron chi connectivity index (χ4n) is 4.37. The number of likely N-dealkylation sites (tertiary alicyclic amines) is 1. The summed E-state index contributed by atoms with van der Waals surface area (Å²) in [5.74, 6) is 0.747. The Kier molecular flexibility index (Phi) is 4.36. The van der Waals surface area contributed by atoms with Crippen LogP contribution in [-0.4, -0.2) is 45.5 Å². The van der Waals surface area contributed by atoms with Gasteiger partial charge in [0.2, 0.25) is 0 Å². The second-order valence-corrected chi connectivity index (χ2v) is 7.82. The number of nitrogens with zero attached hydrogens (tertiary/aromatic N) is 4. The normalized spacial score (nSPS) is 20.7. The van der Waals surface area contributed by atoms with E-state index in [1.807, 2.05) is 48.2 Å². The van der Waals surface area contributed by atoms with Crippen LogP contribution in [0.5, 0.6) is 0 Å². The number of hydrogen-bond donors (Lipinski definition) is 0. The molecule has 2 aromatic heterocycles. The first kappa shape index (κ1) is 17.9. The molecule has 0 saturated carbocycles. The molecule has 0 N–H and O–H groups in total. The molecule has 0 bridgehead atoms. The Bertz CT molecular complexity index is 1060. The van der Waals surface area contributed by atoms with Gasteiger partial charge in [0.25, 0.3) is 5.91 Å². The van der Waals surface area contributed by atoms with E-state index < -0.39 is 0 Å². The van der Waals surface area contributed by atoms with Crippen LogP contribution in [0.15, 0.2) is 54.9 Å². The number of aryl methyl sites for hydroxylation is 1. The van der Waals surface area contributed by atoms with Gasteiger partial charge in [-0.1, -0.05) is 30.3 Å². The Labute approximate surface area is 169 Å². The zero-order valence-corrected chi connectivity index (χ0v) is 16.3. The lowest BCUT2D eigenvalue weighted by Gasteiger charge is -2.35. The average Bonchev–Trinajstić information content (AvgIpc) is 3.20. The molecule has 146 valence electrons. The van der Waals surface area contributed by atoms with E-state index in [4.69, 9.17) is 14.7 Å². The molecule has 1 spiro atoms. The first-order chi connectivity index (χ1) is 14.2.